The molecule has 0 aliphatic carbocycles. The first-order valence-electron chi connectivity index (χ1n) is 5.52. The largest absolute Gasteiger partial charge is 0.444 e. The zero-order valence-corrected chi connectivity index (χ0v) is 10.3. The quantitative estimate of drug-likeness (QED) is 0.721. The van der Waals surface area contributed by atoms with Gasteiger partial charge < -0.3 is 15.0 Å². The number of rotatable bonds is 1. The first-order chi connectivity index (χ1) is 6.85. The van der Waals surface area contributed by atoms with Crippen molar-refractivity contribution in [2.24, 2.45) is 0 Å². The summed E-state index contributed by atoms with van der Waals surface area (Å²) >= 11 is 0. The fraction of sp³-hybridized carbons (Fsp3) is 0.909. The van der Waals surface area contributed by atoms with Gasteiger partial charge in [0.05, 0.1) is 0 Å². The Morgan fingerprint density at radius 3 is 2.47 bits per heavy atom. The van der Waals surface area contributed by atoms with Gasteiger partial charge in [0, 0.05) is 18.6 Å². The summed E-state index contributed by atoms with van der Waals surface area (Å²) in [4.78, 5) is 13.6. The molecule has 0 spiro atoms. The van der Waals surface area contributed by atoms with Crippen LogP contribution in [0.5, 0.6) is 0 Å². The predicted molar refractivity (Wildman–Crippen MR) is 59.9 cm³/mol. The zero-order chi connectivity index (χ0) is 11.6. The molecule has 1 heterocycles. The monoisotopic (exact) mass is 214 g/mol. The third-order valence-corrected chi connectivity index (χ3v) is 2.75. The lowest BCUT2D eigenvalue weighted by atomic mass is 10.1. The van der Waals surface area contributed by atoms with Gasteiger partial charge in [-0.05, 0) is 41.2 Å². The van der Waals surface area contributed by atoms with Crippen LogP contribution in [0.3, 0.4) is 0 Å². The van der Waals surface area contributed by atoms with E-state index in [9.17, 15) is 4.79 Å². The SMILES string of the molecule is CN[C@H]1CCN(C(=O)OC(C)(C)C)[C@@H]1C. The second kappa shape index (κ2) is 4.39. The molecule has 1 fully saturated rings. The lowest BCUT2D eigenvalue weighted by molar-refractivity contribution is 0.0230. The van der Waals surface area contributed by atoms with E-state index in [0.29, 0.717) is 6.04 Å². The van der Waals surface area contributed by atoms with Crippen molar-refractivity contribution in [3.63, 3.8) is 0 Å². The average molecular weight is 214 g/mol. The fourth-order valence-corrected chi connectivity index (χ4v) is 1.90. The Morgan fingerprint density at radius 1 is 1.47 bits per heavy atom. The number of likely N-dealkylation sites (tertiary alicyclic amines) is 1. The molecule has 1 aliphatic rings. The van der Waals surface area contributed by atoms with E-state index in [2.05, 4.69) is 12.2 Å². The molecule has 1 N–H and O–H groups in total. The third-order valence-electron chi connectivity index (χ3n) is 2.75. The van der Waals surface area contributed by atoms with Crippen LogP contribution >= 0.6 is 0 Å². The summed E-state index contributed by atoms with van der Waals surface area (Å²) in [5.41, 5.74) is -0.408. The first kappa shape index (κ1) is 12.3. The molecule has 0 saturated carbocycles. The number of likely N-dealkylation sites (N-methyl/N-ethyl adjacent to an activating group) is 1. The van der Waals surface area contributed by atoms with Gasteiger partial charge in [0.15, 0.2) is 0 Å². The highest BCUT2D eigenvalue weighted by Crippen LogP contribution is 2.20. The van der Waals surface area contributed by atoms with E-state index in [0.717, 1.165) is 13.0 Å². The topological polar surface area (TPSA) is 41.6 Å². The maximum atomic E-state index is 11.8. The van der Waals surface area contributed by atoms with Gasteiger partial charge in [0.2, 0.25) is 0 Å². The number of nitrogens with one attached hydrogen (secondary N) is 1. The van der Waals surface area contributed by atoms with Gasteiger partial charge in [-0.25, -0.2) is 4.79 Å². The summed E-state index contributed by atoms with van der Waals surface area (Å²) in [6.07, 6.45) is 0.796. The first-order valence-corrected chi connectivity index (χ1v) is 5.52. The van der Waals surface area contributed by atoms with Crippen molar-refractivity contribution in [3.05, 3.63) is 0 Å². The highest BCUT2D eigenvalue weighted by Gasteiger charge is 2.35. The van der Waals surface area contributed by atoms with E-state index in [1.165, 1.54) is 0 Å². The normalized spacial score (nSPS) is 26.9. The van der Waals surface area contributed by atoms with Gasteiger partial charge in [-0.1, -0.05) is 0 Å². The van der Waals surface area contributed by atoms with E-state index in [-0.39, 0.29) is 12.1 Å². The molecule has 1 rings (SSSR count). The van der Waals surface area contributed by atoms with Gasteiger partial charge in [0.1, 0.15) is 5.60 Å². The molecule has 2 atom stereocenters. The van der Waals surface area contributed by atoms with Crippen molar-refractivity contribution in [1.82, 2.24) is 10.2 Å². The maximum absolute atomic E-state index is 11.8. The Bertz CT molecular complexity index is 235. The third kappa shape index (κ3) is 3.09. The fourth-order valence-electron chi connectivity index (χ4n) is 1.90. The molecule has 15 heavy (non-hydrogen) atoms. The average Bonchev–Trinajstić information content (AvgIpc) is 2.43. The Hall–Kier alpha value is -0.770. The molecule has 0 radical (unpaired) electrons. The van der Waals surface area contributed by atoms with Crippen molar-refractivity contribution in [1.29, 1.82) is 0 Å². The summed E-state index contributed by atoms with van der Waals surface area (Å²) in [6, 6.07) is 0.599. The van der Waals surface area contributed by atoms with E-state index >= 15 is 0 Å². The van der Waals surface area contributed by atoms with Crippen LogP contribution in [0.1, 0.15) is 34.1 Å². The van der Waals surface area contributed by atoms with Crippen LogP contribution in [0.15, 0.2) is 0 Å². The minimum absolute atomic E-state index is 0.201. The molecule has 0 bridgehead atoms. The smallest absolute Gasteiger partial charge is 0.410 e. The molecule has 0 aromatic carbocycles. The number of carbonyl (C=O) groups excluding carboxylic acids is 1. The maximum Gasteiger partial charge on any atom is 0.410 e. The Balaban J connectivity index is 2.55. The number of nitrogens with zero attached hydrogens (tertiary/aromatic N) is 1. The van der Waals surface area contributed by atoms with Crippen LogP contribution in [-0.2, 0) is 4.74 Å². The lowest BCUT2D eigenvalue weighted by Crippen LogP contribution is -2.43. The molecule has 1 amide bonds. The van der Waals surface area contributed by atoms with Gasteiger partial charge >= 0.3 is 6.09 Å². The molecule has 1 saturated heterocycles. The van der Waals surface area contributed by atoms with E-state index in [1.54, 1.807) is 4.90 Å². The van der Waals surface area contributed by atoms with Crippen molar-refractivity contribution in [3.8, 4) is 0 Å². The minimum atomic E-state index is -0.408. The van der Waals surface area contributed by atoms with Gasteiger partial charge in [0.25, 0.3) is 0 Å². The van der Waals surface area contributed by atoms with E-state index in [1.807, 2.05) is 27.8 Å². The van der Waals surface area contributed by atoms with Gasteiger partial charge in [-0.3, -0.25) is 0 Å². The van der Waals surface area contributed by atoms with Crippen LogP contribution in [0.25, 0.3) is 0 Å². The molecule has 0 aromatic rings. The van der Waals surface area contributed by atoms with Crippen LogP contribution in [-0.4, -0.2) is 42.3 Å². The summed E-state index contributed by atoms with van der Waals surface area (Å²) in [7, 11) is 1.93. The second-order valence-electron chi connectivity index (χ2n) is 5.10. The zero-order valence-electron chi connectivity index (χ0n) is 10.3. The van der Waals surface area contributed by atoms with Gasteiger partial charge in [-0.15, -0.1) is 0 Å². The lowest BCUT2D eigenvalue weighted by Gasteiger charge is -2.28. The standard InChI is InChI=1S/C11H22N2O2/c1-8-9(12-5)6-7-13(8)10(14)15-11(2,3)4/h8-9,12H,6-7H2,1-5H3/t8-,9+/m1/s1. The van der Waals surface area contributed by atoms with Crippen LogP contribution in [0.4, 0.5) is 4.79 Å². The molecular formula is C11H22N2O2. The van der Waals surface area contributed by atoms with Crippen molar-refractivity contribution < 1.29 is 9.53 Å². The molecule has 88 valence electrons. The predicted octanol–water partition coefficient (Wildman–Crippen LogP) is 1.60. The van der Waals surface area contributed by atoms with Crippen LogP contribution < -0.4 is 5.32 Å². The Morgan fingerprint density at radius 2 is 2.07 bits per heavy atom. The molecule has 4 heteroatoms. The Kier molecular flexibility index (Phi) is 3.60. The van der Waals surface area contributed by atoms with E-state index < -0.39 is 5.60 Å². The molecular weight excluding hydrogens is 192 g/mol. The summed E-state index contributed by atoms with van der Waals surface area (Å²) in [5.74, 6) is 0. The van der Waals surface area contributed by atoms with Crippen molar-refractivity contribution >= 4 is 6.09 Å². The summed E-state index contributed by atoms with van der Waals surface area (Å²) in [5, 5.41) is 3.21. The van der Waals surface area contributed by atoms with Crippen LogP contribution in [0, 0.1) is 0 Å². The number of hydrogen-bond donors (Lipinski definition) is 1. The highest BCUT2D eigenvalue weighted by molar-refractivity contribution is 5.69. The molecule has 1 aliphatic heterocycles. The summed E-state index contributed by atoms with van der Waals surface area (Å²) in [6.45, 7) is 8.50. The van der Waals surface area contributed by atoms with Crippen molar-refractivity contribution in [2.75, 3.05) is 13.6 Å². The highest BCUT2D eigenvalue weighted by atomic mass is 16.6. The molecule has 4 nitrogen and oxygen atoms in total. The second-order valence-corrected chi connectivity index (χ2v) is 5.10. The van der Waals surface area contributed by atoms with Crippen LogP contribution in [0.2, 0.25) is 0 Å². The van der Waals surface area contributed by atoms with Gasteiger partial charge in [-0.2, -0.15) is 0 Å². The Labute approximate surface area is 92.0 Å². The van der Waals surface area contributed by atoms with E-state index in [4.69, 9.17) is 4.74 Å². The summed E-state index contributed by atoms with van der Waals surface area (Å²) < 4.78 is 5.34. The molecule has 0 unspecified atom stereocenters. The molecule has 0 aromatic heterocycles. The number of ether oxygens (including phenoxy) is 1. The number of amides is 1. The minimum Gasteiger partial charge on any atom is -0.444 e. The van der Waals surface area contributed by atoms with Crippen molar-refractivity contribution in [2.45, 2.75) is 51.8 Å². The number of carbonyl (C=O) groups is 1. The number of hydrogen-bond acceptors (Lipinski definition) is 3.